The summed E-state index contributed by atoms with van der Waals surface area (Å²) < 4.78 is 25.4. The fourth-order valence-electron chi connectivity index (χ4n) is 1.49. The number of benzene rings is 1. The van der Waals surface area contributed by atoms with Crippen LogP contribution in [0.4, 0.5) is 0 Å². The van der Waals surface area contributed by atoms with E-state index in [2.05, 4.69) is 5.32 Å². The molecule has 0 saturated heterocycles. The molecule has 19 heavy (non-hydrogen) atoms. The van der Waals surface area contributed by atoms with Crippen LogP contribution in [0, 0.1) is 0 Å². The van der Waals surface area contributed by atoms with Crippen molar-refractivity contribution in [2.45, 2.75) is 17.9 Å². The second-order valence-corrected chi connectivity index (χ2v) is 6.34. The van der Waals surface area contributed by atoms with E-state index in [0.29, 0.717) is 0 Å². The van der Waals surface area contributed by atoms with Crippen LogP contribution in [-0.2, 0) is 14.8 Å². The maximum Gasteiger partial charge on any atom is 0.243 e. The molecule has 0 bridgehead atoms. The highest BCUT2D eigenvalue weighted by molar-refractivity contribution is 7.89. The lowest BCUT2D eigenvalue weighted by Gasteiger charge is -2.16. The van der Waals surface area contributed by atoms with Crippen molar-refractivity contribution in [3.63, 3.8) is 0 Å². The molecule has 1 unspecified atom stereocenters. The van der Waals surface area contributed by atoms with Crippen molar-refractivity contribution in [1.29, 1.82) is 0 Å². The molecule has 7 heteroatoms. The zero-order chi connectivity index (χ0) is 14.6. The van der Waals surface area contributed by atoms with E-state index >= 15 is 0 Å². The van der Waals surface area contributed by atoms with Crippen LogP contribution in [0.5, 0.6) is 0 Å². The van der Waals surface area contributed by atoms with E-state index < -0.39 is 10.0 Å². The summed E-state index contributed by atoms with van der Waals surface area (Å²) >= 11 is 0. The average Bonchev–Trinajstić information content (AvgIpc) is 2.38. The van der Waals surface area contributed by atoms with Crippen LogP contribution in [0.3, 0.4) is 0 Å². The largest absolute Gasteiger partial charge is 0.358 e. The van der Waals surface area contributed by atoms with Crippen molar-refractivity contribution < 1.29 is 13.2 Å². The van der Waals surface area contributed by atoms with Gasteiger partial charge in [0.15, 0.2) is 0 Å². The van der Waals surface area contributed by atoms with E-state index in [0.717, 1.165) is 9.87 Å². The molecule has 1 atom stereocenters. The van der Waals surface area contributed by atoms with E-state index in [1.807, 2.05) is 6.92 Å². The van der Waals surface area contributed by atoms with Gasteiger partial charge < -0.3 is 11.1 Å². The number of nitrogens with two attached hydrogens (primary N) is 1. The second kappa shape index (κ2) is 6.14. The van der Waals surface area contributed by atoms with Gasteiger partial charge in [0.25, 0.3) is 0 Å². The van der Waals surface area contributed by atoms with Crippen molar-refractivity contribution in [2.75, 3.05) is 20.6 Å². The van der Waals surface area contributed by atoms with Gasteiger partial charge in [0.05, 0.1) is 11.4 Å². The van der Waals surface area contributed by atoms with Crippen LogP contribution in [0.25, 0.3) is 0 Å². The predicted octanol–water partition coefficient (Wildman–Crippen LogP) is 0.0728. The van der Waals surface area contributed by atoms with Crippen LogP contribution in [0.2, 0.25) is 0 Å². The third-order valence-corrected chi connectivity index (χ3v) is 4.58. The monoisotopic (exact) mass is 285 g/mol. The molecule has 0 saturated carbocycles. The molecule has 0 radical (unpaired) electrons. The van der Waals surface area contributed by atoms with Gasteiger partial charge in [-0.3, -0.25) is 4.79 Å². The highest BCUT2D eigenvalue weighted by atomic mass is 32.2. The van der Waals surface area contributed by atoms with Crippen molar-refractivity contribution in [3.8, 4) is 0 Å². The Balaban J connectivity index is 2.96. The number of likely N-dealkylation sites (N-methyl/N-ethyl adjacent to an activating group) is 2. The van der Waals surface area contributed by atoms with Crippen molar-refractivity contribution in [3.05, 3.63) is 29.8 Å². The average molecular weight is 285 g/mol. The quantitative estimate of drug-likeness (QED) is 0.801. The Hall–Kier alpha value is -1.44. The molecule has 3 N–H and O–H groups in total. The van der Waals surface area contributed by atoms with Gasteiger partial charge in [-0.2, -0.15) is 4.31 Å². The number of rotatable bonds is 5. The number of sulfonamides is 1. The Labute approximate surface area is 113 Å². The number of nitrogens with one attached hydrogen (secondary N) is 1. The van der Waals surface area contributed by atoms with Gasteiger partial charge in [0.2, 0.25) is 15.9 Å². The molecular weight excluding hydrogens is 266 g/mol. The van der Waals surface area contributed by atoms with Crippen LogP contribution in [0.15, 0.2) is 29.2 Å². The lowest BCUT2D eigenvalue weighted by Crippen LogP contribution is -2.36. The van der Waals surface area contributed by atoms with Gasteiger partial charge in [-0.1, -0.05) is 12.1 Å². The standard InChI is InChI=1S/C12H19N3O3S/c1-9(13)10-4-6-11(7-5-10)19(17,18)15(3)8-12(16)14-2/h4-7,9H,8,13H2,1-3H3,(H,14,16). The van der Waals surface area contributed by atoms with Gasteiger partial charge >= 0.3 is 0 Å². The fraction of sp³-hybridized carbons (Fsp3) is 0.417. The predicted molar refractivity (Wildman–Crippen MR) is 72.9 cm³/mol. The van der Waals surface area contributed by atoms with Crippen molar-refractivity contribution in [1.82, 2.24) is 9.62 Å². The summed E-state index contributed by atoms with van der Waals surface area (Å²) in [6, 6.07) is 6.18. The van der Waals surface area contributed by atoms with Crippen LogP contribution >= 0.6 is 0 Å². The van der Waals surface area contributed by atoms with Gasteiger partial charge in [-0.05, 0) is 24.6 Å². The minimum atomic E-state index is -3.65. The Bertz CT molecular complexity index is 538. The first kappa shape index (κ1) is 15.6. The first-order valence-corrected chi connectivity index (χ1v) is 7.25. The second-order valence-electron chi connectivity index (χ2n) is 4.29. The first-order chi connectivity index (χ1) is 8.78. The highest BCUT2D eigenvalue weighted by Gasteiger charge is 2.22. The molecule has 6 nitrogen and oxygen atoms in total. The van der Waals surface area contributed by atoms with Crippen molar-refractivity contribution in [2.24, 2.45) is 5.73 Å². The molecule has 1 aromatic carbocycles. The van der Waals surface area contributed by atoms with Gasteiger partial charge in [-0.15, -0.1) is 0 Å². The van der Waals surface area contributed by atoms with E-state index in [9.17, 15) is 13.2 Å². The first-order valence-electron chi connectivity index (χ1n) is 5.81. The smallest absolute Gasteiger partial charge is 0.243 e. The van der Waals surface area contributed by atoms with Crippen LogP contribution in [-0.4, -0.2) is 39.3 Å². The number of amides is 1. The Morgan fingerprint density at radius 2 is 1.89 bits per heavy atom. The molecule has 1 aromatic rings. The molecule has 0 heterocycles. The molecule has 1 rings (SSSR count). The van der Waals surface area contributed by atoms with E-state index in [-0.39, 0.29) is 23.4 Å². The number of hydrogen-bond donors (Lipinski definition) is 2. The van der Waals surface area contributed by atoms with E-state index in [4.69, 9.17) is 5.73 Å². The van der Waals surface area contributed by atoms with Gasteiger partial charge in [0, 0.05) is 20.1 Å². The van der Waals surface area contributed by atoms with Crippen LogP contribution in [0.1, 0.15) is 18.5 Å². The normalized spacial score (nSPS) is 13.3. The summed E-state index contributed by atoms with van der Waals surface area (Å²) in [5, 5.41) is 2.38. The number of hydrogen-bond acceptors (Lipinski definition) is 4. The third kappa shape index (κ3) is 3.76. The SMILES string of the molecule is CNC(=O)CN(C)S(=O)(=O)c1ccc(C(C)N)cc1. The summed E-state index contributed by atoms with van der Waals surface area (Å²) in [6.07, 6.45) is 0. The Morgan fingerprint density at radius 1 is 1.37 bits per heavy atom. The third-order valence-electron chi connectivity index (χ3n) is 2.76. The summed E-state index contributed by atoms with van der Waals surface area (Å²) in [6.45, 7) is 1.61. The molecule has 0 aliphatic carbocycles. The summed E-state index contributed by atoms with van der Waals surface area (Å²) in [4.78, 5) is 11.4. The highest BCUT2D eigenvalue weighted by Crippen LogP contribution is 2.17. The maximum absolute atomic E-state index is 12.2. The summed E-state index contributed by atoms with van der Waals surface area (Å²) in [5.74, 6) is -0.363. The topological polar surface area (TPSA) is 92.5 Å². The fourth-order valence-corrected chi connectivity index (χ4v) is 2.62. The molecule has 0 aliphatic heterocycles. The minimum Gasteiger partial charge on any atom is -0.358 e. The number of carbonyl (C=O) groups is 1. The maximum atomic E-state index is 12.2. The molecule has 0 fully saturated rings. The number of carbonyl (C=O) groups excluding carboxylic acids is 1. The molecule has 0 aliphatic rings. The summed E-state index contributed by atoms with van der Waals surface area (Å²) in [7, 11) is -0.831. The van der Waals surface area contributed by atoms with E-state index in [1.165, 1.54) is 26.2 Å². The number of nitrogens with zero attached hydrogens (tertiary/aromatic N) is 1. The molecule has 0 spiro atoms. The molecule has 106 valence electrons. The summed E-state index contributed by atoms with van der Waals surface area (Å²) in [5.41, 5.74) is 6.56. The lowest BCUT2D eigenvalue weighted by molar-refractivity contribution is -0.120. The molecular formula is C12H19N3O3S. The Kier molecular flexibility index (Phi) is 5.04. The van der Waals surface area contributed by atoms with Gasteiger partial charge in [-0.25, -0.2) is 8.42 Å². The minimum absolute atomic E-state index is 0.142. The Morgan fingerprint density at radius 3 is 2.32 bits per heavy atom. The lowest BCUT2D eigenvalue weighted by atomic mass is 10.1. The zero-order valence-electron chi connectivity index (χ0n) is 11.3. The molecule has 0 aromatic heterocycles. The van der Waals surface area contributed by atoms with Crippen LogP contribution < -0.4 is 11.1 Å². The van der Waals surface area contributed by atoms with Gasteiger partial charge in [0.1, 0.15) is 0 Å². The zero-order valence-corrected chi connectivity index (χ0v) is 12.1. The van der Waals surface area contributed by atoms with E-state index in [1.54, 1.807) is 12.1 Å². The van der Waals surface area contributed by atoms with Crippen molar-refractivity contribution >= 4 is 15.9 Å². The molecule has 1 amide bonds.